The zero-order chi connectivity index (χ0) is 11.4. The first-order chi connectivity index (χ1) is 7.81. The van der Waals surface area contributed by atoms with Crippen molar-refractivity contribution in [3.63, 3.8) is 0 Å². The van der Waals surface area contributed by atoms with Crippen molar-refractivity contribution in [2.45, 2.75) is 38.0 Å². The molecule has 1 aromatic carbocycles. The van der Waals surface area contributed by atoms with E-state index in [0.29, 0.717) is 5.92 Å². The molecule has 0 atom stereocenters. The fraction of sp³-hybridized carbons (Fsp3) is 0.462. The normalized spacial score (nSPS) is 18.6. The van der Waals surface area contributed by atoms with Crippen molar-refractivity contribution in [1.82, 2.24) is 0 Å². The average molecular weight is 218 g/mol. The van der Waals surface area contributed by atoms with Gasteiger partial charge in [-0.05, 0) is 24.3 Å². The minimum absolute atomic E-state index is 0.176. The van der Waals surface area contributed by atoms with Crippen molar-refractivity contribution in [3.8, 4) is 0 Å². The Hall–Kier alpha value is -1.51. The number of oxime groups is 1. The number of nitrogens with zero attached hydrogens (tertiary/aromatic N) is 1. The van der Waals surface area contributed by atoms with Gasteiger partial charge < -0.3 is 10.9 Å². The molecule has 1 aliphatic carbocycles. The summed E-state index contributed by atoms with van der Waals surface area (Å²) in [5, 5.41) is 11.6. The fourth-order valence-electron chi connectivity index (χ4n) is 2.42. The zero-order valence-corrected chi connectivity index (χ0v) is 9.39. The van der Waals surface area contributed by atoms with Crippen LogP contribution in [0.5, 0.6) is 0 Å². The Morgan fingerprint density at radius 3 is 2.31 bits per heavy atom. The second-order valence-corrected chi connectivity index (χ2v) is 4.44. The molecule has 0 heterocycles. The quantitative estimate of drug-likeness (QED) is 0.347. The van der Waals surface area contributed by atoms with Gasteiger partial charge in [0.1, 0.15) is 0 Å². The summed E-state index contributed by atoms with van der Waals surface area (Å²) in [4.78, 5) is 0. The minimum atomic E-state index is 0.176. The highest BCUT2D eigenvalue weighted by molar-refractivity contribution is 5.96. The molecular formula is C13H18N2O. The number of nitrogens with two attached hydrogens (primary N) is 1. The van der Waals surface area contributed by atoms with Gasteiger partial charge in [-0.15, -0.1) is 0 Å². The number of hydrogen-bond donors (Lipinski definition) is 2. The van der Waals surface area contributed by atoms with Crippen molar-refractivity contribution in [1.29, 1.82) is 0 Å². The molecule has 2 rings (SSSR count). The van der Waals surface area contributed by atoms with Gasteiger partial charge in [-0.2, -0.15) is 0 Å². The summed E-state index contributed by atoms with van der Waals surface area (Å²) in [5.74, 6) is 0.880. The van der Waals surface area contributed by atoms with Gasteiger partial charge in [0.15, 0.2) is 5.84 Å². The van der Waals surface area contributed by atoms with Crippen LogP contribution in [0, 0.1) is 0 Å². The first-order valence-corrected chi connectivity index (χ1v) is 5.89. The van der Waals surface area contributed by atoms with Gasteiger partial charge in [0.2, 0.25) is 0 Å². The topological polar surface area (TPSA) is 58.6 Å². The second-order valence-electron chi connectivity index (χ2n) is 4.44. The molecule has 3 nitrogen and oxygen atoms in total. The molecule has 1 aromatic rings. The smallest absolute Gasteiger partial charge is 0.170 e. The van der Waals surface area contributed by atoms with Crippen molar-refractivity contribution >= 4 is 5.84 Å². The van der Waals surface area contributed by atoms with E-state index in [9.17, 15) is 0 Å². The summed E-state index contributed by atoms with van der Waals surface area (Å²) in [6.45, 7) is 0. The average Bonchev–Trinajstić information content (AvgIpc) is 2.39. The summed E-state index contributed by atoms with van der Waals surface area (Å²) in [6, 6.07) is 8.06. The molecule has 3 heteroatoms. The Bertz CT molecular complexity index is 364. The summed E-state index contributed by atoms with van der Waals surface area (Å²) in [7, 11) is 0. The minimum Gasteiger partial charge on any atom is -0.409 e. The van der Waals surface area contributed by atoms with Gasteiger partial charge >= 0.3 is 0 Å². The largest absolute Gasteiger partial charge is 0.409 e. The highest BCUT2D eigenvalue weighted by Crippen LogP contribution is 2.32. The summed E-state index contributed by atoms with van der Waals surface area (Å²) in [5.41, 5.74) is 7.69. The second kappa shape index (κ2) is 5.01. The molecular weight excluding hydrogens is 200 g/mol. The molecule has 0 bridgehead atoms. The Kier molecular flexibility index (Phi) is 3.44. The molecule has 0 unspecified atom stereocenters. The molecule has 0 aliphatic heterocycles. The molecule has 0 amide bonds. The first-order valence-electron chi connectivity index (χ1n) is 5.89. The van der Waals surface area contributed by atoms with Gasteiger partial charge in [-0.3, -0.25) is 0 Å². The van der Waals surface area contributed by atoms with Crippen LogP contribution in [0.1, 0.15) is 49.1 Å². The van der Waals surface area contributed by atoms with E-state index in [1.54, 1.807) is 0 Å². The van der Waals surface area contributed by atoms with Gasteiger partial charge in [0.25, 0.3) is 0 Å². The third kappa shape index (κ3) is 2.35. The summed E-state index contributed by atoms with van der Waals surface area (Å²) in [6.07, 6.45) is 6.64. The van der Waals surface area contributed by atoms with Crippen LogP contribution in [0.2, 0.25) is 0 Å². The van der Waals surface area contributed by atoms with Crippen LogP contribution in [0.4, 0.5) is 0 Å². The lowest BCUT2D eigenvalue weighted by Crippen LogP contribution is -2.13. The Balaban J connectivity index is 2.12. The molecule has 1 saturated carbocycles. The molecule has 16 heavy (non-hydrogen) atoms. The lowest BCUT2D eigenvalue weighted by Gasteiger charge is -2.22. The third-order valence-electron chi connectivity index (χ3n) is 3.39. The monoisotopic (exact) mass is 218 g/mol. The molecule has 0 aromatic heterocycles. The fourth-order valence-corrected chi connectivity index (χ4v) is 2.42. The van der Waals surface area contributed by atoms with Crippen LogP contribution in [0.15, 0.2) is 29.4 Å². The van der Waals surface area contributed by atoms with Crippen LogP contribution in [0.25, 0.3) is 0 Å². The molecule has 3 N–H and O–H groups in total. The third-order valence-corrected chi connectivity index (χ3v) is 3.39. The molecule has 86 valence electrons. The lowest BCUT2D eigenvalue weighted by molar-refractivity contribution is 0.318. The maximum atomic E-state index is 8.57. The van der Waals surface area contributed by atoms with Crippen molar-refractivity contribution in [2.75, 3.05) is 0 Å². The molecule has 0 saturated heterocycles. The van der Waals surface area contributed by atoms with Gasteiger partial charge in [-0.1, -0.05) is 48.7 Å². The number of hydrogen-bond acceptors (Lipinski definition) is 2. The van der Waals surface area contributed by atoms with E-state index < -0.39 is 0 Å². The van der Waals surface area contributed by atoms with Crippen molar-refractivity contribution < 1.29 is 5.21 Å². The van der Waals surface area contributed by atoms with E-state index in [1.165, 1.54) is 37.7 Å². The van der Waals surface area contributed by atoms with Crippen LogP contribution in [0.3, 0.4) is 0 Å². The van der Waals surface area contributed by atoms with Crippen LogP contribution in [-0.2, 0) is 0 Å². The Morgan fingerprint density at radius 2 is 1.75 bits per heavy atom. The highest BCUT2D eigenvalue weighted by Gasteiger charge is 2.15. The van der Waals surface area contributed by atoms with Crippen LogP contribution in [-0.4, -0.2) is 11.0 Å². The number of benzene rings is 1. The lowest BCUT2D eigenvalue weighted by atomic mass is 9.84. The van der Waals surface area contributed by atoms with Crippen LogP contribution >= 0.6 is 0 Å². The molecule has 1 fully saturated rings. The SMILES string of the molecule is NC(=NO)c1ccc(C2CCCCC2)cc1. The maximum absolute atomic E-state index is 8.57. The zero-order valence-electron chi connectivity index (χ0n) is 9.39. The molecule has 0 spiro atoms. The number of rotatable bonds is 2. The van der Waals surface area contributed by atoms with E-state index in [1.807, 2.05) is 12.1 Å². The van der Waals surface area contributed by atoms with Crippen LogP contribution < -0.4 is 5.73 Å². The molecule has 1 aliphatic rings. The first kappa shape index (κ1) is 11.0. The van der Waals surface area contributed by atoms with Crippen molar-refractivity contribution in [3.05, 3.63) is 35.4 Å². The maximum Gasteiger partial charge on any atom is 0.170 e. The van der Waals surface area contributed by atoms with Gasteiger partial charge in [0.05, 0.1) is 0 Å². The van der Waals surface area contributed by atoms with E-state index in [-0.39, 0.29) is 5.84 Å². The predicted octanol–water partition coefficient (Wildman–Crippen LogP) is 2.83. The summed E-state index contributed by atoms with van der Waals surface area (Å²) >= 11 is 0. The number of amidine groups is 1. The summed E-state index contributed by atoms with van der Waals surface area (Å²) < 4.78 is 0. The molecule has 0 radical (unpaired) electrons. The van der Waals surface area contributed by atoms with E-state index in [4.69, 9.17) is 10.9 Å². The Labute approximate surface area is 96.0 Å². The van der Waals surface area contributed by atoms with Crippen molar-refractivity contribution in [2.24, 2.45) is 10.9 Å². The predicted molar refractivity (Wildman–Crippen MR) is 64.8 cm³/mol. The van der Waals surface area contributed by atoms with E-state index >= 15 is 0 Å². The van der Waals surface area contributed by atoms with Gasteiger partial charge in [-0.25, -0.2) is 0 Å². The van der Waals surface area contributed by atoms with Gasteiger partial charge in [0, 0.05) is 5.56 Å². The van der Waals surface area contributed by atoms with E-state index in [2.05, 4.69) is 17.3 Å². The standard InChI is InChI=1S/C13H18N2O/c14-13(15-16)12-8-6-11(7-9-12)10-4-2-1-3-5-10/h6-10,16H,1-5H2,(H2,14,15). The Morgan fingerprint density at radius 1 is 1.12 bits per heavy atom. The van der Waals surface area contributed by atoms with E-state index in [0.717, 1.165) is 5.56 Å². The highest BCUT2D eigenvalue weighted by atomic mass is 16.4.